The molecule has 0 saturated carbocycles. The van der Waals surface area contributed by atoms with Crippen molar-refractivity contribution in [3.8, 4) is 45.6 Å². The molecule has 3 aliphatic rings. The van der Waals surface area contributed by atoms with Crippen LogP contribution in [0.4, 0.5) is 0 Å². The number of rotatable bonds is 4. The lowest BCUT2D eigenvalue weighted by atomic mass is 9.76. The maximum absolute atomic E-state index is 13.0. The topological polar surface area (TPSA) is 81.7 Å². The standard InChI is InChI=1S/C27H30O8/c1-7-13(2)27(28)35-22-15(4)14(3)8-16-9-18-23(33-11-31-18)25(29-5)20(16)21-17(22)10-19-24(26(21)30-6)34-12-32-19/h7,9-10,14-15,22H,8,11-12H2,1-6H3/b13-7-/t14-,15-,22+/m0/s1. The molecule has 0 aromatic heterocycles. The first-order valence-corrected chi connectivity index (χ1v) is 11.7. The maximum Gasteiger partial charge on any atom is 0.333 e. The van der Waals surface area contributed by atoms with Gasteiger partial charge in [0.15, 0.2) is 23.0 Å². The van der Waals surface area contributed by atoms with Crippen LogP contribution < -0.4 is 28.4 Å². The van der Waals surface area contributed by atoms with E-state index >= 15 is 0 Å². The summed E-state index contributed by atoms with van der Waals surface area (Å²) in [5.41, 5.74) is 3.88. The van der Waals surface area contributed by atoms with Crippen LogP contribution in [0.1, 0.15) is 44.9 Å². The number of ether oxygens (including phenoxy) is 7. The summed E-state index contributed by atoms with van der Waals surface area (Å²) in [4.78, 5) is 13.0. The number of benzene rings is 2. The highest BCUT2D eigenvalue weighted by Crippen LogP contribution is 2.59. The van der Waals surface area contributed by atoms with Gasteiger partial charge >= 0.3 is 5.97 Å². The average Bonchev–Trinajstić information content (AvgIpc) is 3.53. The van der Waals surface area contributed by atoms with Crippen LogP contribution in [0.25, 0.3) is 11.1 Å². The molecule has 0 spiro atoms. The van der Waals surface area contributed by atoms with Gasteiger partial charge in [-0.3, -0.25) is 0 Å². The fourth-order valence-corrected chi connectivity index (χ4v) is 5.01. The fraction of sp³-hybridized carbons (Fsp3) is 0.444. The third kappa shape index (κ3) is 3.63. The van der Waals surface area contributed by atoms with Crippen molar-refractivity contribution in [3.05, 3.63) is 34.9 Å². The van der Waals surface area contributed by atoms with E-state index in [4.69, 9.17) is 33.2 Å². The molecule has 35 heavy (non-hydrogen) atoms. The van der Waals surface area contributed by atoms with E-state index in [1.54, 1.807) is 27.2 Å². The van der Waals surface area contributed by atoms with Crippen molar-refractivity contribution in [1.82, 2.24) is 0 Å². The molecular weight excluding hydrogens is 452 g/mol. The van der Waals surface area contributed by atoms with Crippen LogP contribution in [0.3, 0.4) is 0 Å². The molecule has 0 amide bonds. The molecule has 0 N–H and O–H groups in total. The van der Waals surface area contributed by atoms with Crippen molar-refractivity contribution in [2.24, 2.45) is 11.8 Å². The zero-order chi connectivity index (χ0) is 24.9. The molecule has 0 fully saturated rings. The van der Waals surface area contributed by atoms with Crippen LogP contribution in [0.15, 0.2) is 23.8 Å². The van der Waals surface area contributed by atoms with Crippen molar-refractivity contribution in [2.75, 3.05) is 27.8 Å². The molecule has 0 bridgehead atoms. The second kappa shape index (κ2) is 8.91. The number of methoxy groups -OCH3 is 2. The van der Waals surface area contributed by atoms with Crippen molar-refractivity contribution in [2.45, 2.75) is 40.2 Å². The minimum Gasteiger partial charge on any atom is -0.492 e. The average molecular weight is 483 g/mol. The molecule has 8 heteroatoms. The summed E-state index contributed by atoms with van der Waals surface area (Å²) in [7, 11) is 3.20. The van der Waals surface area contributed by atoms with Gasteiger partial charge < -0.3 is 33.2 Å². The molecule has 2 aromatic carbocycles. The Morgan fingerprint density at radius 2 is 1.54 bits per heavy atom. The van der Waals surface area contributed by atoms with Crippen molar-refractivity contribution in [1.29, 1.82) is 0 Å². The van der Waals surface area contributed by atoms with E-state index in [0.29, 0.717) is 46.5 Å². The third-order valence-electron chi connectivity index (χ3n) is 7.22. The molecule has 5 rings (SSSR count). The van der Waals surface area contributed by atoms with Crippen molar-refractivity contribution >= 4 is 5.97 Å². The van der Waals surface area contributed by atoms with E-state index in [1.165, 1.54) is 0 Å². The smallest absolute Gasteiger partial charge is 0.333 e. The first kappa shape index (κ1) is 23.2. The number of hydrogen-bond acceptors (Lipinski definition) is 8. The fourth-order valence-electron chi connectivity index (χ4n) is 5.01. The van der Waals surface area contributed by atoms with Crippen molar-refractivity contribution in [3.63, 3.8) is 0 Å². The van der Waals surface area contributed by atoms with Gasteiger partial charge in [-0.15, -0.1) is 0 Å². The summed E-state index contributed by atoms with van der Waals surface area (Å²) in [5.74, 6) is 3.06. The molecule has 0 saturated heterocycles. The summed E-state index contributed by atoms with van der Waals surface area (Å²) in [6, 6.07) is 3.90. The van der Waals surface area contributed by atoms with E-state index in [9.17, 15) is 4.79 Å². The Bertz CT molecular complexity index is 1210. The summed E-state index contributed by atoms with van der Waals surface area (Å²) < 4.78 is 41.1. The highest BCUT2D eigenvalue weighted by atomic mass is 16.7. The number of fused-ring (bicyclic) bond motifs is 5. The summed E-state index contributed by atoms with van der Waals surface area (Å²) in [5, 5.41) is 0. The largest absolute Gasteiger partial charge is 0.492 e. The van der Waals surface area contributed by atoms with E-state index in [1.807, 2.05) is 19.1 Å². The minimum atomic E-state index is -0.561. The molecule has 1 aliphatic carbocycles. The molecule has 2 aromatic rings. The Labute approximate surface area is 204 Å². The molecular formula is C27H30O8. The van der Waals surface area contributed by atoms with Crippen LogP contribution in [-0.4, -0.2) is 33.8 Å². The van der Waals surface area contributed by atoms with E-state index in [2.05, 4.69) is 13.8 Å². The van der Waals surface area contributed by atoms with Gasteiger partial charge in [0.1, 0.15) is 6.10 Å². The minimum absolute atomic E-state index is 0.0167. The molecule has 0 unspecified atom stereocenters. The normalized spacial score (nSPS) is 22.0. The van der Waals surface area contributed by atoms with Crippen LogP contribution >= 0.6 is 0 Å². The third-order valence-corrected chi connectivity index (χ3v) is 7.22. The molecule has 0 radical (unpaired) electrons. The Morgan fingerprint density at radius 3 is 2.14 bits per heavy atom. The van der Waals surface area contributed by atoms with Gasteiger partial charge in [-0.1, -0.05) is 19.9 Å². The number of hydrogen-bond donors (Lipinski definition) is 0. The van der Waals surface area contributed by atoms with Gasteiger partial charge in [-0.05, 0) is 43.9 Å². The molecule has 186 valence electrons. The number of esters is 1. The highest BCUT2D eigenvalue weighted by Gasteiger charge is 2.40. The van der Waals surface area contributed by atoms with E-state index < -0.39 is 6.10 Å². The second-order valence-electron chi connectivity index (χ2n) is 9.12. The Hall–Kier alpha value is -3.55. The lowest BCUT2D eigenvalue weighted by molar-refractivity contribution is -0.148. The van der Waals surface area contributed by atoms with Gasteiger partial charge in [0.25, 0.3) is 0 Å². The monoisotopic (exact) mass is 482 g/mol. The summed E-state index contributed by atoms with van der Waals surface area (Å²) >= 11 is 0. The van der Waals surface area contributed by atoms with Gasteiger partial charge in [0.05, 0.1) is 14.2 Å². The number of allylic oxidation sites excluding steroid dienone is 1. The Morgan fingerprint density at radius 1 is 0.943 bits per heavy atom. The van der Waals surface area contributed by atoms with Gasteiger partial charge in [-0.2, -0.15) is 0 Å². The summed E-state index contributed by atoms with van der Waals surface area (Å²) in [6.07, 6.45) is 1.89. The summed E-state index contributed by atoms with van der Waals surface area (Å²) in [6.45, 7) is 8.02. The lowest BCUT2D eigenvalue weighted by Crippen LogP contribution is -2.27. The molecule has 8 nitrogen and oxygen atoms in total. The quantitative estimate of drug-likeness (QED) is 0.434. The molecule has 2 aliphatic heterocycles. The molecule has 3 atom stereocenters. The predicted molar refractivity (Wildman–Crippen MR) is 128 cm³/mol. The van der Waals surface area contributed by atoms with Crippen LogP contribution in [0.5, 0.6) is 34.5 Å². The first-order valence-electron chi connectivity index (χ1n) is 11.7. The SMILES string of the molecule is C/C=C(/C)C(=O)O[C@H]1c2cc3c(c(OC)c2-c2c(cc4c(c2OC)OCO4)C[C@H](C)[C@@H]1C)OCO3. The van der Waals surface area contributed by atoms with Gasteiger partial charge in [-0.25, -0.2) is 4.79 Å². The van der Waals surface area contributed by atoms with E-state index in [-0.39, 0.29) is 31.4 Å². The second-order valence-corrected chi connectivity index (χ2v) is 9.12. The first-order chi connectivity index (χ1) is 16.9. The van der Waals surface area contributed by atoms with Gasteiger partial charge in [0.2, 0.25) is 25.1 Å². The number of carbonyl (C=O) groups is 1. The Balaban J connectivity index is 1.85. The predicted octanol–water partition coefficient (Wildman–Crippen LogP) is 5.21. The Kier molecular flexibility index (Phi) is 5.91. The van der Waals surface area contributed by atoms with Crippen molar-refractivity contribution < 1.29 is 38.0 Å². The van der Waals surface area contributed by atoms with Crippen LogP contribution in [0.2, 0.25) is 0 Å². The highest BCUT2D eigenvalue weighted by molar-refractivity contribution is 5.90. The van der Waals surface area contributed by atoms with Gasteiger partial charge in [0, 0.05) is 28.2 Å². The van der Waals surface area contributed by atoms with E-state index in [0.717, 1.165) is 22.3 Å². The van der Waals surface area contributed by atoms with Crippen LogP contribution in [0, 0.1) is 11.8 Å². The maximum atomic E-state index is 13.0. The zero-order valence-electron chi connectivity index (χ0n) is 20.9. The number of carbonyl (C=O) groups excluding carboxylic acids is 1. The van der Waals surface area contributed by atoms with Crippen LogP contribution in [-0.2, 0) is 16.0 Å². The molecule has 2 heterocycles. The zero-order valence-corrected chi connectivity index (χ0v) is 20.9. The lowest BCUT2D eigenvalue weighted by Gasteiger charge is -2.35.